The Bertz CT molecular complexity index is 1470. The van der Waals surface area contributed by atoms with Crippen molar-refractivity contribution in [1.82, 2.24) is 9.97 Å². The molecule has 0 bridgehead atoms. The monoisotopic (exact) mass is 477 g/mol. The predicted molar refractivity (Wildman–Crippen MR) is 140 cm³/mol. The van der Waals surface area contributed by atoms with Gasteiger partial charge in [0, 0.05) is 22.9 Å². The van der Waals surface area contributed by atoms with Crippen LogP contribution in [0.2, 0.25) is 0 Å². The number of aryl methyl sites for hydroxylation is 2. The third-order valence-electron chi connectivity index (χ3n) is 5.88. The molecule has 1 amide bonds. The van der Waals surface area contributed by atoms with E-state index in [0.717, 1.165) is 27.0 Å². The molecular weight excluding hydrogens is 454 g/mol. The smallest absolute Gasteiger partial charge is 0.260 e. The summed E-state index contributed by atoms with van der Waals surface area (Å²) in [5, 5.41) is 0.623. The molecule has 0 N–H and O–H groups in total. The van der Waals surface area contributed by atoms with E-state index >= 15 is 0 Å². The quantitative estimate of drug-likeness (QED) is 0.266. The molecule has 0 aliphatic heterocycles. The van der Waals surface area contributed by atoms with Gasteiger partial charge in [-0.3, -0.25) is 19.5 Å². The zero-order valence-corrected chi connectivity index (χ0v) is 20.3. The summed E-state index contributed by atoms with van der Waals surface area (Å²) in [6.07, 6.45) is 1.72. The van der Waals surface area contributed by atoms with Gasteiger partial charge in [0.2, 0.25) is 0 Å². The molecule has 5 nitrogen and oxygen atoms in total. The molecule has 0 aliphatic rings. The standard InChI is InChI=1S/C29H23N3O2S/c1-19-11-12-20(2)27-25(19)31-29(35-27)32(18-24-10-6-7-17-30-24)28(34)23-15-13-22(14-16-23)26(33)21-8-4-3-5-9-21/h3-17H,18H2,1-2H3. The van der Waals surface area contributed by atoms with Crippen LogP contribution in [0.3, 0.4) is 0 Å². The minimum absolute atomic E-state index is 0.0768. The van der Waals surface area contributed by atoms with Gasteiger partial charge in [0.15, 0.2) is 10.9 Å². The summed E-state index contributed by atoms with van der Waals surface area (Å²) in [5.74, 6) is -0.268. The van der Waals surface area contributed by atoms with Crippen LogP contribution in [0.15, 0.2) is 91.1 Å². The zero-order valence-electron chi connectivity index (χ0n) is 19.4. The maximum absolute atomic E-state index is 13.7. The molecule has 2 heterocycles. The van der Waals surface area contributed by atoms with Crippen molar-refractivity contribution < 1.29 is 9.59 Å². The third-order valence-corrected chi connectivity index (χ3v) is 7.10. The van der Waals surface area contributed by atoms with Crippen molar-refractivity contribution in [2.24, 2.45) is 0 Å². The number of amides is 1. The molecule has 5 rings (SSSR count). The SMILES string of the molecule is Cc1ccc(C)c2sc(N(Cc3ccccn3)C(=O)c3ccc(C(=O)c4ccccc4)cc3)nc12. The van der Waals surface area contributed by atoms with Gasteiger partial charge < -0.3 is 0 Å². The Kier molecular flexibility index (Phi) is 6.21. The van der Waals surface area contributed by atoms with E-state index in [9.17, 15) is 9.59 Å². The first-order chi connectivity index (χ1) is 17.0. The highest BCUT2D eigenvalue weighted by Gasteiger charge is 2.23. The lowest BCUT2D eigenvalue weighted by molar-refractivity contribution is 0.0982. The Morgan fingerprint density at radius 2 is 1.43 bits per heavy atom. The minimum Gasteiger partial charge on any atom is -0.289 e. The van der Waals surface area contributed by atoms with Gasteiger partial charge in [-0.2, -0.15) is 0 Å². The molecule has 0 spiro atoms. The molecule has 2 aromatic heterocycles. The van der Waals surface area contributed by atoms with Crippen LogP contribution >= 0.6 is 11.3 Å². The number of pyridine rings is 1. The lowest BCUT2D eigenvalue weighted by atomic mass is 10.0. The first kappa shape index (κ1) is 22.6. The van der Waals surface area contributed by atoms with Crippen molar-refractivity contribution in [3.05, 3.63) is 125 Å². The minimum atomic E-state index is -0.191. The van der Waals surface area contributed by atoms with Crippen molar-refractivity contribution in [2.75, 3.05) is 4.90 Å². The van der Waals surface area contributed by atoms with Gasteiger partial charge in [-0.1, -0.05) is 72.0 Å². The topological polar surface area (TPSA) is 63.2 Å². The van der Waals surface area contributed by atoms with Crippen molar-refractivity contribution >= 4 is 38.4 Å². The average Bonchev–Trinajstić information content (AvgIpc) is 3.36. The van der Waals surface area contributed by atoms with E-state index in [-0.39, 0.29) is 11.7 Å². The summed E-state index contributed by atoms with van der Waals surface area (Å²) in [5.41, 5.74) is 5.51. The third kappa shape index (κ3) is 4.61. The second kappa shape index (κ2) is 9.60. The van der Waals surface area contributed by atoms with Crippen LogP contribution < -0.4 is 4.90 Å². The summed E-state index contributed by atoms with van der Waals surface area (Å²) in [4.78, 5) is 37.4. The van der Waals surface area contributed by atoms with Crippen LogP contribution in [-0.4, -0.2) is 21.7 Å². The van der Waals surface area contributed by atoms with E-state index < -0.39 is 0 Å². The Labute approximate surface area is 207 Å². The van der Waals surface area contributed by atoms with Crippen LogP contribution in [-0.2, 0) is 6.54 Å². The number of rotatable bonds is 6. The maximum atomic E-state index is 13.7. The molecule has 5 aromatic rings. The number of ketones is 1. The Morgan fingerprint density at radius 1 is 0.771 bits per heavy atom. The molecule has 0 saturated heterocycles. The molecule has 0 aliphatic carbocycles. The van der Waals surface area contributed by atoms with Crippen LogP contribution in [0.4, 0.5) is 5.13 Å². The van der Waals surface area contributed by atoms with Crippen LogP contribution in [0.1, 0.15) is 43.1 Å². The second-order valence-electron chi connectivity index (χ2n) is 8.36. The van der Waals surface area contributed by atoms with Gasteiger partial charge in [-0.15, -0.1) is 0 Å². The van der Waals surface area contributed by atoms with E-state index in [1.807, 2.05) is 43.3 Å². The first-order valence-corrected chi connectivity index (χ1v) is 12.1. The van der Waals surface area contributed by atoms with Crippen molar-refractivity contribution in [2.45, 2.75) is 20.4 Å². The summed E-state index contributed by atoms with van der Waals surface area (Å²) < 4.78 is 1.07. The largest absolute Gasteiger partial charge is 0.289 e. The Morgan fingerprint density at radius 3 is 2.11 bits per heavy atom. The molecule has 172 valence electrons. The lowest BCUT2D eigenvalue weighted by Crippen LogP contribution is -2.30. The number of carbonyl (C=O) groups is 2. The fourth-order valence-electron chi connectivity index (χ4n) is 3.92. The lowest BCUT2D eigenvalue weighted by Gasteiger charge is -2.19. The molecule has 0 unspecified atom stereocenters. The zero-order chi connectivity index (χ0) is 24.4. The summed E-state index contributed by atoms with van der Waals surface area (Å²) in [7, 11) is 0. The number of nitrogens with zero attached hydrogens (tertiary/aromatic N) is 3. The molecule has 3 aromatic carbocycles. The van der Waals surface area contributed by atoms with Crippen molar-refractivity contribution in [1.29, 1.82) is 0 Å². The number of hydrogen-bond acceptors (Lipinski definition) is 5. The summed E-state index contributed by atoms with van der Waals surface area (Å²) in [6.45, 7) is 4.37. The summed E-state index contributed by atoms with van der Waals surface area (Å²) >= 11 is 1.51. The highest BCUT2D eigenvalue weighted by molar-refractivity contribution is 7.22. The van der Waals surface area contributed by atoms with Gasteiger partial charge >= 0.3 is 0 Å². The summed E-state index contributed by atoms with van der Waals surface area (Å²) in [6, 6.07) is 25.7. The number of fused-ring (bicyclic) bond motifs is 1. The fourth-order valence-corrected chi connectivity index (χ4v) is 5.03. The first-order valence-electron chi connectivity index (χ1n) is 11.3. The van der Waals surface area contributed by atoms with E-state index in [4.69, 9.17) is 4.98 Å². The average molecular weight is 478 g/mol. The number of aromatic nitrogens is 2. The Hall–Kier alpha value is -4.16. The number of hydrogen-bond donors (Lipinski definition) is 0. The second-order valence-corrected chi connectivity index (χ2v) is 9.34. The van der Waals surface area contributed by atoms with Gasteiger partial charge in [-0.05, 0) is 49.2 Å². The number of carbonyl (C=O) groups excluding carboxylic acids is 2. The van der Waals surface area contributed by atoms with E-state index in [1.165, 1.54) is 11.3 Å². The number of thiazole rings is 1. The highest BCUT2D eigenvalue weighted by Crippen LogP contribution is 2.34. The van der Waals surface area contributed by atoms with E-state index in [2.05, 4.69) is 24.0 Å². The van der Waals surface area contributed by atoms with E-state index in [1.54, 1.807) is 47.5 Å². The molecule has 0 fully saturated rings. The van der Waals surface area contributed by atoms with Crippen LogP contribution in [0, 0.1) is 13.8 Å². The predicted octanol–water partition coefficient (Wildman–Crippen LogP) is 6.39. The van der Waals surface area contributed by atoms with E-state index in [0.29, 0.717) is 28.4 Å². The maximum Gasteiger partial charge on any atom is 0.260 e. The van der Waals surface area contributed by atoms with Crippen LogP contribution in [0.25, 0.3) is 10.2 Å². The molecular formula is C29H23N3O2S. The van der Waals surface area contributed by atoms with Crippen molar-refractivity contribution in [3.8, 4) is 0 Å². The number of benzene rings is 3. The van der Waals surface area contributed by atoms with Crippen molar-refractivity contribution in [3.63, 3.8) is 0 Å². The molecule has 35 heavy (non-hydrogen) atoms. The Balaban J connectivity index is 1.50. The van der Waals surface area contributed by atoms with Crippen LogP contribution in [0.5, 0.6) is 0 Å². The fraction of sp³-hybridized carbons (Fsp3) is 0.103. The molecule has 6 heteroatoms. The normalized spacial score (nSPS) is 10.9. The molecule has 0 saturated carbocycles. The number of anilines is 1. The molecule has 0 atom stereocenters. The van der Waals surface area contributed by atoms with Gasteiger partial charge in [0.05, 0.1) is 22.5 Å². The van der Waals surface area contributed by atoms with Gasteiger partial charge in [0.25, 0.3) is 5.91 Å². The van der Waals surface area contributed by atoms with Gasteiger partial charge in [-0.25, -0.2) is 4.98 Å². The van der Waals surface area contributed by atoms with Gasteiger partial charge in [0.1, 0.15) is 0 Å². The molecule has 0 radical (unpaired) electrons. The highest BCUT2D eigenvalue weighted by atomic mass is 32.1.